The fourth-order valence-corrected chi connectivity index (χ4v) is 5.54. The van der Waals surface area contributed by atoms with E-state index < -0.39 is 0 Å². The molecule has 2 aliphatic rings. The molecule has 9 nitrogen and oxygen atoms in total. The number of nitrogens with zero attached hydrogens (tertiary/aromatic N) is 6. The number of hydrogen-bond donors (Lipinski definition) is 1. The van der Waals surface area contributed by atoms with Gasteiger partial charge in [-0.05, 0) is 49.9 Å². The normalized spacial score (nSPS) is 21.4. The van der Waals surface area contributed by atoms with E-state index in [4.69, 9.17) is 9.47 Å². The monoisotopic (exact) mass is 509 g/mol. The van der Waals surface area contributed by atoms with E-state index in [1.165, 1.54) is 16.9 Å². The van der Waals surface area contributed by atoms with Gasteiger partial charge >= 0.3 is 6.01 Å². The van der Waals surface area contributed by atoms with Crippen molar-refractivity contribution in [1.82, 2.24) is 29.7 Å². The van der Waals surface area contributed by atoms with Gasteiger partial charge in [0, 0.05) is 58.4 Å². The van der Waals surface area contributed by atoms with E-state index in [1.807, 2.05) is 24.5 Å². The number of hydrogen-bond acceptors (Lipinski definition) is 10. The molecule has 3 aromatic heterocycles. The molecule has 1 saturated carbocycles. The summed E-state index contributed by atoms with van der Waals surface area (Å²) >= 11 is 1.54. The highest BCUT2D eigenvalue weighted by atomic mass is 32.1. The van der Waals surface area contributed by atoms with Crippen LogP contribution in [0.25, 0.3) is 10.6 Å². The second-order valence-electron chi connectivity index (χ2n) is 9.39. The second-order valence-corrected chi connectivity index (χ2v) is 10.4. The molecule has 10 heteroatoms. The van der Waals surface area contributed by atoms with Crippen molar-refractivity contribution in [2.45, 2.75) is 51.4 Å². The molecule has 4 heterocycles. The molecule has 0 radical (unpaired) electrons. The first-order valence-electron chi connectivity index (χ1n) is 12.8. The minimum absolute atomic E-state index is 0.139. The number of anilines is 2. The maximum absolute atomic E-state index is 6.06. The van der Waals surface area contributed by atoms with Crippen LogP contribution in [0.4, 0.5) is 10.9 Å². The van der Waals surface area contributed by atoms with Gasteiger partial charge in [0.15, 0.2) is 5.13 Å². The summed E-state index contributed by atoms with van der Waals surface area (Å²) in [5.74, 6) is 0.786. The molecule has 1 saturated heterocycles. The van der Waals surface area contributed by atoms with Gasteiger partial charge in [-0.25, -0.2) is 15.0 Å². The number of piperazine rings is 1. The van der Waals surface area contributed by atoms with Gasteiger partial charge < -0.3 is 19.7 Å². The Morgan fingerprint density at radius 1 is 0.944 bits per heavy atom. The van der Waals surface area contributed by atoms with Crippen LogP contribution in [-0.2, 0) is 11.3 Å². The van der Waals surface area contributed by atoms with Crippen LogP contribution in [0.3, 0.4) is 0 Å². The lowest BCUT2D eigenvalue weighted by atomic mass is 9.95. The molecule has 36 heavy (non-hydrogen) atoms. The predicted octanol–water partition coefficient (Wildman–Crippen LogP) is 4.21. The van der Waals surface area contributed by atoms with E-state index in [9.17, 15) is 0 Å². The summed E-state index contributed by atoms with van der Waals surface area (Å²) in [7, 11) is 1.78. The van der Waals surface area contributed by atoms with Gasteiger partial charge in [0.1, 0.15) is 11.9 Å². The number of ether oxygens (including phenoxy) is 2. The summed E-state index contributed by atoms with van der Waals surface area (Å²) in [4.78, 5) is 24.0. The number of methoxy groups -OCH3 is 1. The molecule has 5 rings (SSSR count). The molecular weight excluding hydrogens is 474 g/mol. The van der Waals surface area contributed by atoms with Gasteiger partial charge in [-0.3, -0.25) is 4.90 Å². The third kappa shape index (κ3) is 6.56. The van der Waals surface area contributed by atoms with Crippen LogP contribution in [0.5, 0.6) is 6.01 Å². The van der Waals surface area contributed by atoms with E-state index in [0.29, 0.717) is 12.1 Å². The molecule has 1 N–H and O–H groups in total. The van der Waals surface area contributed by atoms with E-state index in [-0.39, 0.29) is 6.10 Å². The van der Waals surface area contributed by atoms with Crippen molar-refractivity contribution in [1.29, 1.82) is 0 Å². The summed E-state index contributed by atoms with van der Waals surface area (Å²) < 4.78 is 11.5. The quantitative estimate of drug-likeness (QED) is 0.456. The van der Waals surface area contributed by atoms with Crippen molar-refractivity contribution in [3.05, 3.63) is 42.4 Å². The van der Waals surface area contributed by atoms with Crippen molar-refractivity contribution in [3.63, 3.8) is 0 Å². The van der Waals surface area contributed by atoms with E-state index in [0.717, 1.165) is 86.5 Å². The van der Waals surface area contributed by atoms with Gasteiger partial charge in [-0.2, -0.15) is 4.98 Å². The number of likely N-dealkylation sites (N-methyl/N-ethyl adjacent to an activating group) is 1. The lowest BCUT2D eigenvalue weighted by molar-refractivity contribution is 0.0300. The van der Waals surface area contributed by atoms with Crippen LogP contribution >= 0.6 is 11.3 Å². The molecule has 1 aliphatic carbocycles. The Balaban J connectivity index is 1.15. The maximum Gasteiger partial charge on any atom is 0.317 e. The van der Waals surface area contributed by atoms with E-state index in [1.54, 1.807) is 13.3 Å². The Hall–Kier alpha value is -2.66. The second kappa shape index (κ2) is 12.1. The van der Waals surface area contributed by atoms with Crippen molar-refractivity contribution in [2.24, 2.45) is 0 Å². The molecule has 0 unspecified atom stereocenters. The standard InChI is InChI=1S/C26H35N7O2S/c1-3-32-12-14-33(15-13-32)18-19-4-9-24(28-16-19)31-26-29-17-23(36-26)22-10-11-27-25(30-22)35-21-7-5-20(34-2)6-8-21/h4,9-11,16-17,20-21H,3,5-8,12-15,18H2,1-2H3,(H,28,29,31). The number of nitrogens with one attached hydrogen (secondary N) is 1. The third-order valence-corrected chi connectivity index (χ3v) is 7.93. The average molecular weight is 510 g/mol. The van der Waals surface area contributed by atoms with Gasteiger partial charge in [0.25, 0.3) is 0 Å². The minimum Gasteiger partial charge on any atom is -0.460 e. The van der Waals surface area contributed by atoms with E-state index in [2.05, 4.69) is 48.0 Å². The summed E-state index contributed by atoms with van der Waals surface area (Å²) in [5, 5.41) is 4.10. The highest BCUT2D eigenvalue weighted by Gasteiger charge is 2.23. The van der Waals surface area contributed by atoms with Crippen LogP contribution in [-0.4, -0.2) is 81.8 Å². The zero-order valence-corrected chi connectivity index (χ0v) is 21.9. The number of thiazole rings is 1. The van der Waals surface area contributed by atoms with Crippen molar-refractivity contribution in [2.75, 3.05) is 45.2 Å². The van der Waals surface area contributed by atoms with Gasteiger partial charge in [-0.1, -0.05) is 24.3 Å². The summed E-state index contributed by atoms with van der Waals surface area (Å²) in [6.07, 6.45) is 9.95. The van der Waals surface area contributed by atoms with Gasteiger partial charge in [-0.15, -0.1) is 0 Å². The Bertz CT molecular complexity index is 1090. The molecule has 0 bridgehead atoms. The zero-order valence-electron chi connectivity index (χ0n) is 21.1. The van der Waals surface area contributed by atoms with Crippen molar-refractivity contribution in [3.8, 4) is 16.6 Å². The highest BCUT2D eigenvalue weighted by Crippen LogP contribution is 2.30. The molecular formula is C26H35N7O2S. The number of pyridine rings is 1. The van der Waals surface area contributed by atoms with Crippen LogP contribution in [0.1, 0.15) is 38.2 Å². The Kier molecular flexibility index (Phi) is 8.37. The Morgan fingerprint density at radius 3 is 2.44 bits per heavy atom. The SMILES string of the molecule is CCN1CCN(Cc2ccc(Nc3ncc(-c4ccnc(OC5CCC(OC)CC5)n4)s3)nc2)CC1. The largest absolute Gasteiger partial charge is 0.460 e. The van der Waals surface area contributed by atoms with E-state index >= 15 is 0 Å². The average Bonchev–Trinajstić information content (AvgIpc) is 3.39. The Morgan fingerprint density at radius 2 is 1.72 bits per heavy atom. The van der Waals surface area contributed by atoms with Crippen LogP contribution in [0.2, 0.25) is 0 Å². The first-order chi connectivity index (χ1) is 17.7. The van der Waals surface area contributed by atoms with Crippen LogP contribution < -0.4 is 10.1 Å². The maximum atomic E-state index is 6.06. The van der Waals surface area contributed by atoms with Crippen LogP contribution in [0, 0.1) is 0 Å². The zero-order chi connectivity index (χ0) is 24.7. The lowest BCUT2D eigenvalue weighted by Crippen LogP contribution is -2.45. The first-order valence-corrected chi connectivity index (χ1v) is 13.7. The predicted molar refractivity (Wildman–Crippen MR) is 142 cm³/mol. The highest BCUT2D eigenvalue weighted by molar-refractivity contribution is 7.18. The fourth-order valence-electron chi connectivity index (χ4n) is 4.74. The molecule has 1 aliphatic heterocycles. The summed E-state index contributed by atoms with van der Waals surface area (Å²) in [6.45, 7) is 8.82. The molecule has 2 fully saturated rings. The van der Waals surface area contributed by atoms with Gasteiger partial charge in [0.2, 0.25) is 0 Å². The molecule has 0 spiro atoms. The summed E-state index contributed by atoms with van der Waals surface area (Å²) in [6, 6.07) is 6.47. The molecule has 0 aromatic carbocycles. The topological polar surface area (TPSA) is 88.5 Å². The fraction of sp³-hybridized carbons (Fsp3) is 0.538. The first kappa shape index (κ1) is 25.0. The minimum atomic E-state index is 0.139. The lowest BCUT2D eigenvalue weighted by Gasteiger charge is -2.33. The number of aromatic nitrogens is 4. The van der Waals surface area contributed by atoms with Gasteiger partial charge in [0.05, 0.1) is 16.7 Å². The smallest absolute Gasteiger partial charge is 0.317 e. The van der Waals surface area contributed by atoms with Crippen molar-refractivity contribution < 1.29 is 9.47 Å². The third-order valence-electron chi connectivity index (χ3n) is 7.00. The van der Waals surface area contributed by atoms with Crippen LogP contribution in [0.15, 0.2) is 36.8 Å². The Labute approximate surface area is 216 Å². The van der Waals surface area contributed by atoms with Crippen molar-refractivity contribution >= 4 is 22.3 Å². The molecule has 192 valence electrons. The molecule has 3 aromatic rings. The molecule has 0 amide bonds. The number of rotatable bonds is 9. The molecule has 0 atom stereocenters. The summed E-state index contributed by atoms with van der Waals surface area (Å²) in [5.41, 5.74) is 2.04.